The Morgan fingerprint density at radius 3 is 2.20 bits per heavy atom. The Balaban J connectivity index is 2.37. The molecule has 1 unspecified atom stereocenters. The topological polar surface area (TPSA) is 26.3 Å². The first-order chi connectivity index (χ1) is 11.8. The first-order valence-corrected chi connectivity index (χ1v) is 13.5. The van der Waals surface area contributed by atoms with Crippen molar-refractivity contribution in [1.29, 1.82) is 0 Å². The number of carbonyl (C=O) groups excluding carboxylic acids is 1. The lowest BCUT2D eigenvalue weighted by Gasteiger charge is -2.48. The molecule has 25 heavy (non-hydrogen) atoms. The van der Waals surface area contributed by atoms with Gasteiger partial charge in [-0.25, -0.2) is 0 Å². The lowest BCUT2D eigenvalue weighted by Crippen LogP contribution is -2.52. The summed E-state index contributed by atoms with van der Waals surface area (Å²) in [6, 6.07) is 14.1. The van der Waals surface area contributed by atoms with Crippen molar-refractivity contribution in [2.75, 3.05) is 0 Å². The smallest absolute Gasteiger partial charge is 0.192 e. The van der Waals surface area contributed by atoms with E-state index in [1.165, 1.54) is 23.7 Å². The number of carbonyl (C=O) groups is 1. The van der Waals surface area contributed by atoms with Crippen LogP contribution in [-0.2, 0) is 9.22 Å². The number of rotatable bonds is 7. The number of ketones is 1. The maximum Gasteiger partial charge on any atom is 0.192 e. The fourth-order valence-electron chi connectivity index (χ4n) is 4.48. The van der Waals surface area contributed by atoms with Crippen molar-refractivity contribution in [1.82, 2.24) is 0 Å². The zero-order valence-corrected chi connectivity index (χ0v) is 19.5. The number of hydrogen-bond acceptors (Lipinski definition) is 2. The molecule has 0 aliphatic heterocycles. The zero-order chi connectivity index (χ0) is 18.7. The largest absolute Gasteiger partial charge is 0.412 e. The first-order valence-electron chi connectivity index (χ1n) is 9.72. The fourth-order valence-corrected chi connectivity index (χ4v) is 8.90. The minimum absolute atomic E-state index is 0.0440. The number of Topliss-reactive ketones (excluding diaryl/α,β-unsaturated/α-hetero) is 1. The fraction of sp³-hybridized carbons (Fsp3) is 0.667. The van der Waals surface area contributed by atoms with Crippen LogP contribution in [0.1, 0.15) is 58.9 Å². The van der Waals surface area contributed by atoms with Gasteiger partial charge in [-0.3, -0.25) is 4.79 Å². The Morgan fingerprint density at radius 1 is 1.12 bits per heavy atom. The molecule has 2 nitrogen and oxygen atoms in total. The monoisotopic (exact) mass is 472 g/mol. The molecule has 2 rings (SSSR count). The van der Waals surface area contributed by atoms with E-state index < -0.39 is 8.32 Å². The van der Waals surface area contributed by atoms with Crippen molar-refractivity contribution in [2.45, 2.75) is 81.0 Å². The van der Waals surface area contributed by atoms with Crippen LogP contribution in [0.2, 0.25) is 18.1 Å². The highest BCUT2D eigenvalue weighted by molar-refractivity contribution is 14.1. The molecule has 0 bridgehead atoms. The van der Waals surface area contributed by atoms with E-state index in [9.17, 15) is 4.79 Å². The molecule has 4 heteroatoms. The summed E-state index contributed by atoms with van der Waals surface area (Å²) in [6.45, 7) is 11.4. The summed E-state index contributed by atoms with van der Waals surface area (Å²) >= 11 is 2.37. The maximum absolute atomic E-state index is 12.5. The average Bonchev–Trinajstić information content (AvgIpc) is 2.62. The molecule has 0 N–H and O–H groups in total. The Labute approximate surface area is 168 Å². The highest BCUT2D eigenvalue weighted by atomic mass is 127. The summed E-state index contributed by atoms with van der Waals surface area (Å²) in [5, 5.41) is 0. The van der Waals surface area contributed by atoms with Crippen LogP contribution in [0.25, 0.3) is 0 Å². The second-order valence-electron chi connectivity index (χ2n) is 7.90. The van der Waals surface area contributed by atoms with E-state index in [0.29, 0.717) is 18.1 Å². The lowest BCUT2D eigenvalue weighted by molar-refractivity contribution is -0.122. The summed E-state index contributed by atoms with van der Waals surface area (Å²) in [5.74, 6) is 1.02. The summed E-state index contributed by atoms with van der Waals surface area (Å²) in [5.41, 5.74) is 1.09. The quantitative estimate of drug-likeness (QED) is 0.263. The van der Waals surface area contributed by atoms with Gasteiger partial charge in [0.15, 0.2) is 8.32 Å². The molecular weight excluding hydrogens is 439 g/mol. The van der Waals surface area contributed by atoms with E-state index in [2.05, 4.69) is 87.5 Å². The Morgan fingerprint density at radius 2 is 1.68 bits per heavy atom. The van der Waals surface area contributed by atoms with Gasteiger partial charge in [0.1, 0.15) is 5.78 Å². The van der Waals surface area contributed by atoms with Crippen molar-refractivity contribution in [3.05, 3.63) is 35.9 Å². The number of benzene rings is 1. The van der Waals surface area contributed by atoms with Crippen LogP contribution in [-0.4, -0.2) is 23.6 Å². The Kier molecular flexibility index (Phi) is 7.31. The number of alkyl halides is 1. The molecule has 1 aromatic rings. The molecule has 1 fully saturated rings. The van der Waals surface area contributed by atoms with Gasteiger partial charge in [-0.15, -0.1) is 0 Å². The van der Waals surface area contributed by atoms with Gasteiger partial charge in [0, 0.05) is 12.3 Å². The maximum atomic E-state index is 12.5. The van der Waals surface area contributed by atoms with Gasteiger partial charge in [-0.2, -0.15) is 0 Å². The van der Waals surface area contributed by atoms with Crippen LogP contribution < -0.4 is 0 Å². The lowest BCUT2D eigenvalue weighted by atomic mass is 9.68. The minimum Gasteiger partial charge on any atom is -0.412 e. The van der Waals surface area contributed by atoms with Crippen molar-refractivity contribution in [3.63, 3.8) is 0 Å². The van der Waals surface area contributed by atoms with Crippen molar-refractivity contribution < 1.29 is 9.22 Å². The molecule has 1 aliphatic rings. The van der Waals surface area contributed by atoms with Gasteiger partial charge in [-0.1, -0.05) is 73.7 Å². The van der Waals surface area contributed by atoms with Gasteiger partial charge >= 0.3 is 0 Å². The predicted molar refractivity (Wildman–Crippen MR) is 117 cm³/mol. The summed E-state index contributed by atoms with van der Waals surface area (Å²) in [7, 11) is -1.69. The molecule has 1 aliphatic carbocycles. The molecule has 3 atom stereocenters. The van der Waals surface area contributed by atoms with E-state index in [-0.39, 0.29) is 15.4 Å². The second-order valence-corrected chi connectivity index (χ2v) is 13.9. The SMILES string of the molecule is CC[Si](CC)(CC)OC(C)(C)[C@@H]1CCC(=O)C(I)[C@H]1c1ccccc1. The average molecular weight is 472 g/mol. The van der Waals surface area contributed by atoms with Gasteiger partial charge in [0.05, 0.1) is 9.53 Å². The van der Waals surface area contributed by atoms with Crippen LogP contribution in [0.5, 0.6) is 0 Å². The van der Waals surface area contributed by atoms with Crippen LogP contribution in [0.3, 0.4) is 0 Å². The van der Waals surface area contributed by atoms with Gasteiger partial charge in [0.25, 0.3) is 0 Å². The Hall–Kier alpha value is -0.203. The van der Waals surface area contributed by atoms with Crippen LogP contribution in [0.15, 0.2) is 30.3 Å². The molecule has 0 saturated heterocycles. The summed E-state index contributed by atoms with van der Waals surface area (Å²) in [6.07, 6.45) is 1.62. The standard InChI is InChI=1S/C21H33IO2Si/c1-6-25(7-2,8-3)24-21(4,5)17-14-15-18(23)20(22)19(17)16-12-10-9-11-13-16/h9-13,17,19-20H,6-8,14-15H2,1-5H3/t17-,19+,20?/m1/s1. The highest BCUT2D eigenvalue weighted by Gasteiger charge is 2.48. The molecular formula is C21H33IO2Si. The minimum atomic E-state index is -1.69. The second kappa shape index (κ2) is 8.66. The predicted octanol–water partition coefficient (Wildman–Crippen LogP) is 6.35. The van der Waals surface area contributed by atoms with Crippen LogP contribution in [0, 0.1) is 5.92 Å². The summed E-state index contributed by atoms with van der Waals surface area (Å²) < 4.78 is 7.02. The van der Waals surface area contributed by atoms with E-state index >= 15 is 0 Å². The van der Waals surface area contributed by atoms with Gasteiger partial charge < -0.3 is 4.43 Å². The Bertz CT molecular complexity index is 560. The molecule has 1 aromatic carbocycles. The third kappa shape index (κ3) is 4.56. The molecule has 1 saturated carbocycles. The van der Waals surface area contributed by atoms with Crippen LogP contribution in [0.4, 0.5) is 0 Å². The molecule has 0 aromatic heterocycles. The molecule has 0 amide bonds. The molecule has 140 valence electrons. The molecule has 0 spiro atoms. The van der Waals surface area contributed by atoms with Crippen molar-refractivity contribution >= 4 is 36.7 Å². The van der Waals surface area contributed by atoms with Gasteiger partial charge in [0.2, 0.25) is 0 Å². The highest BCUT2D eigenvalue weighted by Crippen LogP contribution is 2.47. The zero-order valence-electron chi connectivity index (χ0n) is 16.3. The third-order valence-electron chi connectivity index (χ3n) is 6.25. The van der Waals surface area contributed by atoms with Crippen molar-refractivity contribution in [2.24, 2.45) is 5.92 Å². The number of halogens is 1. The first kappa shape index (κ1) is 21.1. The van der Waals surface area contributed by atoms with E-state index in [1.807, 2.05) is 0 Å². The third-order valence-corrected chi connectivity index (χ3v) is 12.5. The van der Waals surface area contributed by atoms with E-state index in [1.54, 1.807) is 0 Å². The van der Waals surface area contributed by atoms with Crippen molar-refractivity contribution in [3.8, 4) is 0 Å². The molecule has 0 heterocycles. The van der Waals surface area contributed by atoms with Crippen LogP contribution >= 0.6 is 22.6 Å². The number of hydrogen-bond donors (Lipinski definition) is 0. The van der Waals surface area contributed by atoms with E-state index in [0.717, 1.165) is 6.42 Å². The normalized spacial score (nSPS) is 25.2. The van der Waals surface area contributed by atoms with Gasteiger partial charge in [-0.05, 0) is 49.9 Å². The molecule has 0 radical (unpaired) electrons. The summed E-state index contributed by atoms with van der Waals surface area (Å²) in [4.78, 5) is 12.5. The van der Waals surface area contributed by atoms with E-state index in [4.69, 9.17) is 4.43 Å².